The first-order chi connectivity index (χ1) is 8.40. The third-order valence-corrected chi connectivity index (χ3v) is 3.55. The van der Waals surface area contributed by atoms with Gasteiger partial charge in [0.05, 0.1) is 5.69 Å². The third kappa shape index (κ3) is 3.79. The van der Waals surface area contributed by atoms with E-state index in [1.165, 1.54) is 37.2 Å². The summed E-state index contributed by atoms with van der Waals surface area (Å²) in [6.07, 6.45) is 5.56. The van der Waals surface area contributed by atoms with E-state index in [1.807, 2.05) is 12.3 Å². The van der Waals surface area contributed by atoms with Crippen molar-refractivity contribution >= 4 is 0 Å². The zero-order valence-electron chi connectivity index (χ0n) is 10.7. The maximum absolute atomic E-state index is 4.46. The lowest BCUT2D eigenvalue weighted by molar-refractivity contribution is 0.355. The molecular formula is C14H23N3. The first kappa shape index (κ1) is 12.5. The van der Waals surface area contributed by atoms with Crippen molar-refractivity contribution in [2.24, 2.45) is 5.92 Å². The van der Waals surface area contributed by atoms with Crippen LogP contribution in [0.25, 0.3) is 0 Å². The Labute approximate surface area is 104 Å². The predicted octanol–water partition coefficient (Wildman–Crippen LogP) is 1.73. The summed E-state index contributed by atoms with van der Waals surface area (Å²) in [4.78, 5) is 4.46. The standard InChI is InChI=1S/C14H23N3/c1-2-13-4-3-7-17-14(13)11-16-10-12-5-8-15-9-6-12/h3-4,7,12,15-16H,2,5-6,8-11H2,1H3. The Morgan fingerprint density at radius 3 is 3.00 bits per heavy atom. The fourth-order valence-electron chi connectivity index (χ4n) is 2.43. The first-order valence-electron chi connectivity index (χ1n) is 6.74. The maximum atomic E-state index is 4.46. The minimum absolute atomic E-state index is 0.838. The van der Waals surface area contributed by atoms with E-state index in [4.69, 9.17) is 0 Å². The van der Waals surface area contributed by atoms with Gasteiger partial charge < -0.3 is 10.6 Å². The zero-order chi connectivity index (χ0) is 11.9. The molecule has 3 nitrogen and oxygen atoms in total. The van der Waals surface area contributed by atoms with Gasteiger partial charge in [0.25, 0.3) is 0 Å². The summed E-state index contributed by atoms with van der Waals surface area (Å²) in [5.74, 6) is 0.838. The second-order valence-electron chi connectivity index (χ2n) is 4.79. The van der Waals surface area contributed by atoms with Gasteiger partial charge in [-0.3, -0.25) is 4.98 Å². The smallest absolute Gasteiger partial charge is 0.0573 e. The number of nitrogens with zero attached hydrogens (tertiary/aromatic N) is 1. The van der Waals surface area contributed by atoms with Crippen LogP contribution in [0.5, 0.6) is 0 Å². The predicted molar refractivity (Wildman–Crippen MR) is 70.9 cm³/mol. The summed E-state index contributed by atoms with van der Waals surface area (Å²) in [6, 6.07) is 4.20. The molecule has 2 rings (SSSR count). The van der Waals surface area contributed by atoms with Crippen LogP contribution in [-0.2, 0) is 13.0 Å². The Balaban J connectivity index is 1.77. The van der Waals surface area contributed by atoms with Crippen molar-refractivity contribution in [3.05, 3.63) is 29.6 Å². The average molecular weight is 233 g/mol. The highest BCUT2D eigenvalue weighted by molar-refractivity contribution is 5.19. The van der Waals surface area contributed by atoms with Crippen molar-refractivity contribution in [3.8, 4) is 0 Å². The maximum Gasteiger partial charge on any atom is 0.0573 e. The van der Waals surface area contributed by atoms with Crippen molar-refractivity contribution in [2.45, 2.75) is 32.7 Å². The summed E-state index contributed by atoms with van der Waals surface area (Å²) in [7, 11) is 0. The van der Waals surface area contributed by atoms with E-state index in [9.17, 15) is 0 Å². The molecular weight excluding hydrogens is 210 g/mol. The van der Waals surface area contributed by atoms with Crippen LogP contribution in [0.3, 0.4) is 0 Å². The largest absolute Gasteiger partial charge is 0.317 e. The van der Waals surface area contributed by atoms with Crippen LogP contribution in [0, 0.1) is 5.92 Å². The third-order valence-electron chi connectivity index (χ3n) is 3.55. The molecule has 3 heteroatoms. The van der Waals surface area contributed by atoms with Gasteiger partial charge in [0.1, 0.15) is 0 Å². The molecule has 1 aromatic heterocycles. The minimum Gasteiger partial charge on any atom is -0.317 e. The zero-order valence-corrected chi connectivity index (χ0v) is 10.7. The average Bonchev–Trinajstić information content (AvgIpc) is 2.40. The van der Waals surface area contributed by atoms with Crippen molar-refractivity contribution in [1.29, 1.82) is 0 Å². The molecule has 1 aliphatic heterocycles. The molecule has 1 aliphatic rings. The van der Waals surface area contributed by atoms with Crippen LogP contribution in [0.1, 0.15) is 31.0 Å². The Bertz CT molecular complexity index is 332. The summed E-state index contributed by atoms with van der Waals surface area (Å²) >= 11 is 0. The van der Waals surface area contributed by atoms with Gasteiger partial charge in [-0.2, -0.15) is 0 Å². The van der Waals surface area contributed by atoms with E-state index in [-0.39, 0.29) is 0 Å². The lowest BCUT2D eigenvalue weighted by Crippen LogP contribution is -2.33. The lowest BCUT2D eigenvalue weighted by Gasteiger charge is -2.22. The van der Waals surface area contributed by atoms with Gasteiger partial charge in [-0.05, 0) is 56.4 Å². The summed E-state index contributed by atoms with van der Waals surface area (Å²) in [5, 5.41) is 6.96. The monoisotopic (exact) mass is 233 g/mol. The van der Waals surface area contributed by atoms with Crippen LogP contribution in [-0.4, -0.2) is 24.6 Å². The van der Waals surface area contributed by atoms with E-state index in [0.717, 1.165) is 25.4 Å². The highest BCUT2D eigenvalue weighted by Crippen LogP contribution is 2.11. The molecule has 0 radical (unpaired) electrons. The molecule has 0 bridgehead atoms. The van der Waals surface area contributed by atoms with Crippen molar-refractivity contribution in [3.63, 3.8) is 0 Å². The second-order valence-corrected chi connectivity index (χ2v) is 4.79. The van der Waals surface area contributed by atoms with Gasteiger partial charge in [0.15, 0.2) is 0 Å². The number of pyridine rings is 1. The SMILES string of the molecule is CCc1cccnc1CNCC1CCNCC1. The van der Waals surface area contributed by atoms with Crippen molar-refractivity contribution in [1.82, 2.24) is 15.6 Å². The van der Waals surface area contributed by atoms with E-state index >= 15 is 0 Å². The second kappa shape index (κ2) is 6.72. The molecule has 0 atom stereocenters. The molecule has 0 spiro atoms. The van der Waals surface area contributed by atoms with Gasteiger partial charge in [0, 0.05) is 12.7 Å². The first-order valence-corrected chi connectivity index (χ1v) is 6.74. The van der Waals surface area contributed by atoms with Crippen LogP contribution in [0.15, 0.2) is 18.3 Å². The van der Waals surface area contributed by atoms with Gasteiger partial charge >= 0.3 is 0 Å². The lowest BCUT2D eigenvalue weighted by atomic mass is 9.98. The minimum atomic E-state index is 0.838. The molecule has 2 N–H and O–H groups in total. The van der Waals surface area contributed by atoms with Gasteiger partial charge in [-0.25, -0.2) is 0 Å². The summed E-state index contributed by atoms with van der Waals surface area (Å²) in [5.41, 5.74) is 2.58. The molecule has 0 unspecified atom stereocenters. The van der Waals surface area contributed by atoms with Crippen LogP contribution in [0.4, 0.5) is 0 Å². The Kier molecular flexibility index (Phi) is 4.95. The number of aryl methyl sites for hydroxylation is 1. The number of aromatic nitrogens is 1. The Morgan fingerprint density at radius 1 is 1.41 bits per heavy atom. The molecule has 1 fully saturated rings. The molecule has 0 saturated carbocycles. The van der Waals surface area contributed by atoms with Gasteiger partial charge in [-0.1, -0.05) is 13.0 Å². The summed E-state index contributed by atoms with van der Waals surface area (Å²) < 4.78 is 0. The quantitative estimate of drug-likeness (QED) is 0.813. The molecule has 0 aromatic carbocycles. The molecule has 17 heavy (non-hydrogen) atoms. The van der Waals surface area contributed by atoms with E-state index in [2.05, 4.69) is 28.6 Å². The molecule has 2 heterocycles. The highest BCUT2D eigenvalue weighted by atomic mass is 14.9. The Hall–Kier alpha value is -0.930. The van der Waals surface area contributed by atoms with E-state index < -0.39 is 0 Å². The van der Waals surface area contributed by atoms with Crippen LogP contribution in [0.2, 0.25) is 0 Å². The fraction of sp³-hybridized carbons (Fsp3) is 0.643. The highest BCUT2D eigenvalue weighted by Gasteiger charge is 2.12. The van der Waals surface area contributed by atoms with Crippen LogP contribution >= 0.6 is 0 Å². The van der Waals surface area contributed by atoms with Crippen molar-refractivity contribution in [2.75, 3.05) is 19.6 Å². The molecule has 1 aromatic rings. The molecule has 94 valence electrons. The number of piperidine rings is 1. The van der Waals surface area contributed by atoms with Gasteiger partial charge in [-0.15, -0.1) is 0 Å². The number of rotatable bonds is 5. The number of hydrogen-bond acceptors (Lipinski definition) is 3. The number of hydrogen-bond donors (Lipinski definition) is 2. The van der Waals surface area contributed by atoms with Crippen molar-refractivity contribution < 1.29 is 0 Å². The topological polar surface area (TPSA) is 37.0 Å². The fourth-order valence-corrected chi connectivity index (χ4v) is 2.43. The van der Waals surface area contributed by atoms with Crippen LogP contribution < -0.4 is 10.6 Å². The number of nitrogens with one attached hydrogen (secondary N) is 2. The van der Waals surface area contributed by atoms with E-state index in [0.29, 0.717) is 0 Å². The summed E-state index contributed by atoms with van der Waals surface area (Å²) in [6.45, 7) is 6.58. The molecule has 0 aliphatic carbocycles. The normalized spacial score (nSPS) is 17.2. The van der Waals surface area contributed by atoms with E-state index in [1.54, 1.807) is 0 Å². The van der Waals surface area contributed by atoms with Gasteiger partial charge in [0.2, 0.25) is 0 Å². The molecule has 0 amide bonds. The Morgan fingerprint density at radius 2 is 2.24 bits per heavy atom. The molecule has 1 saturated heterocycles.